The Balaban J connectivity index is 2.72. The number of carboxylic acid groups (broad SMARTS) is 1. The number of nitrogens with zero attached hydrogens (tertiary/aromatic N) is 1. The molecule has 1 aromatic rings. The zero-order valence-corrected chi connectivity index (χ0v) is 12.7. The van der Waals surface area contributed by atoms with Crippen LogP contribution in [0.2, 0.25) is 0 Å². The Morgan fingerprint density at radius 3 is 2.21 bits per heavy atom. The number of carbonyl (C=O) groups is 2. The van der Waals surface area contributed by atoms with Gasteiger partial charge < -0.3 is 10.4 Å². The first-order valence-corrected chi connectivity index (χ1v) is 7.02. The van der Waals surface area contributed by atoms with Crippen LogP contribution in [-0.2, 0) is 9.59 Å². The number of nitrogens with one attached hydrogen (secondary N) is 1. The standard InChI is InChI=1S/C13H20N2O3S/c1-6(7(2)13(17)18)12(16)15-9(4)11-8(3)14-10(5)19-11/h6-7,9H,1-5H3,(H,15,16)(H,17,18). The topological polar surface area (TPSA) is 79.3 Å². The predicted molar refractivity (Wildman–Crippen MR) is 74.1 cm³/mol. The lowest BCUT2D eigenvalue weighted by molar-refractivity contribution is -0.146. The zero-order chi connectivity index (χ0) is 14.7. The molecular formula is C13H20N2O3S. The second-order valence-electron chi connectivity index (χ2n) is 4.83. The van der Waals surface area contributed by atoms with Crippen molar-refractivity contribution < 1.29 is 14.7 Å². The molecule has 3 unspecified atom stereocenters. The minimum atomic E-state index is -0.958. The van der Waals surface area contributed by atoms with Gasteiger partial charge in [-0.05, 0) is 20.8 Å². The van der Waals surface area contributed by atoms with Gasteiger partial charge in [-0.25, -0.2) is 4.98 Å². The van der Waals surface area contributed by atoms with E-state index in [1.54, 1.807) is 25.2 Å². The smallest absolute Gasteiger partial charge is 0.307 e. The fraction of sp³-hybridized carbons (Fsp3) is 0.615. The second kappa shape index (κ2) is 6.14. The maximum atomic E-state index is 12.0. The van der Waals surface area contributed by atoms with Crippen LogP contribution in [0, 0.1) is 25.7 Å². The Morgan fingerprint density at radius 2 is 1.79 bits per heavy atom. The van der Waals surface area contributed by atoms with Crippen LogP contribution in [0.25, 0.3) is 0 Å². The van der Waals surface area contributed by atoms with Gasteiger partial charge in [0.15, 0.2) is 0 Å². The van der Waals surface area contributed by atoms with Crippen LogP contribution in [-0.4, -0.2) is 22.0 Å². The van der Waals surface area contributed by atoms with Crippen molar-refractivity contribution in [1.29, 1.82) is 0 Å². The molecule has 6 heteroatoms. The lowest BCUT2D eigenvalue weighted by atomic mass is 9.95. The van der Waals surface area contributed by atoms with Gasteiger partial charge >= 0.3 is 5.97 Å². The average Bonchev–Trinajstić information content (AvgIpc) is 2.66. The molecule has 0 aliphatic carbocycles. The summed E-state index contributed by atoms with van der Waals surface area (Å²) in [6.07, 6.45) is 0. The largest absolute Gasteiger partial charge is 0.481 e. The fourth-order valence-electron chi connectivity index (χ4n) is 1.80. The lowest BCUT2D eigenvalue weighted by Gasteiger charge is -2.19. The Morgan fingerprint density at radius 1 is 1.21 bits per heavy atom. The van der Waals surface area contributed by atoms with Gasteiger partial charge in [-0.2, -0.15) is 0 Å². The molecule has 3 atom stereocenters. The summed E-state index contributed by atoms with van der Waals surface area (Å²) in [6, 6.07) is -0.151. The number of aliphatic carboxylic acids is 1. The van der Waals surface area contributed by atoms with Crippen LogP contribution < -0.4 is 5.32 Å². The molecule has 0 radical (unpaired) electrons. The number of rotatable bonds is 5. The Labute approximate surface area is 117 Å². The summed E-state index contributed by atoms with van der Waals surface area (Å²) in [7, 11) is 0. The zero-order valence-electron chi connectivity index (χ0n) is 11.9. The van der Waals surface area contributed by atoms with Crippen molar-refractivity contribution >= 4 is 23.2 Å². The molecule has 0 aliphatic rings. The van der Waals surface area contributed by atoms with E-state index >= 15 is 0 Å². The van der Waals surface area contributed by atoms with E-state index < -0.39 is 17.8 Å². The number of hydrogen-bond acceptors (Lipinski definition) is 4. The van der Waals surface area contributed by atoms with Crippen LogP contribution in [0.1, 0.15) is 42.4 Å². The van der Waals surface area contributed by atoms with E-state index in [1.165, 1.54) is 0 Å². The molecule has 1 rings (SSSR count). The maximum Gasteiger partial charge on any atom is 0.307 e. The first kappa shape index (κ1) is 15.6. The molecule has 2 N–H and O–H groups in total. The summed E-state index contributed by atoms with van der Waals surface area (Å²) in [5.74, 6) is -2.46. The van der Waals surface area contributed by atoms with E-state index in [2.05, 4.69) is 10.3 Å². The molecule has 19 heavy (non-hydrogen) atoms. The number of aryl methyl sites for hydroxylation is 2. The van der Waals surface area contributed by atoms with Gasteiger partial charge in [0.25, 0.3) is 0 Å². The summed E-state index contributed by atoms with van der Waals surface area (Å²) < 4.78 is 0. The van der Waals surface area contributed by atoms with Crippen LogP contribution in [0.3, 0.4) is 0 Å². The first-order valence-electron chi connectivity index (χ1n) is 6.21. The Kier molecular flexibility index (Phi) is 5.05. The van der Waals surface area contributed by atoms with Crippen molar-refractivity contribution in [1.82, 2.24) is 10.3 Å². The third-order valence-corrected chi connectivity index (χ3v) is 4.50. The molecule has 0 fully saturated rings. The third-order valence-electron chi connectivity index (χ3n) is 3.24. The number of thiazole rings is 1. The van der Waals surface area contributed by atoms with E-state index in [4.69, 9.17) is 5.11 Å². The van der Waals surface area contributed by atoms with Crippen molar-refractivity contribution in [3.63, 3.8) is 0 Å². The van der Waals surface area contributed by atoms with E-state index in [1.807, 2.05) is 20.8 Å². The van der Waals surface area contributed by atoms with Gasteiger partial charge in [-0.1, -0.05) is 13.8 Å². The molecule has 0 saturated carbocycles. The maximum absolute atomic E-state index is 12.0. The van der Waals surface area contributed by atoms with E-state index in [0.29, 0.717) is 0 Å². The summed E-state index contributed by atoms with van der Waals surface area (Å²) in [4.78, 5) is 28.2. The highest BCUT2D eigenvalue weighted by molar-refractivity contribution is 7.11. The molecule has 5 nitrogen and oxygen atoms in total. The van der Waals surface area contributed by atoms with Crippen molar-refractivity contribution in [3.8, 4) is 0 Å². The number of hydrogen-bond donors (Lipinski definition) is 2. The normalized spacial score (nSPS) is 15.6. The molecule has 0 aromatic carbocycles. The van der Waals surface area contributed by atoms with Gasteiger partial charge in [0, 0.05) is 10.8 Å². The summed E-state index contributed by atoms with van der Waals surface area (Å²) >= 11 is 1.55. The van der Waals surface area contributed by atoms with Gasteiger partial charge in [0.1, 0.15) is 0 Å². The molecule has 1 amide bonds. The summed E-state index contributed by atoms with van der Waals surface area (Å²) in [6.45, 7) is 8.89. The highest BCUT2D eigenvalue weighted by Gasteiger charge is 2.27. The molecule has 0 aliphatic heterocycles. The van der Waals surface area contributed by atoms with E-state index in [9.17, 15) is 9.59 Å². The van der Waals surface area contributed by atoms with Gasteiger partial charge in [-0.3, -0.25) is 9.59 Å². The van der Waals surface area contributed by atoms with Crippen LogP contribution in [0.4, 0.5) is 0 Å². The molecule has 1 aromatic heterocycles. The quantitative estimate of drug-likeness (QED) is 0.869. The lowest BCUT2D eigenvalue weighted by Crippen LogP contribution is -2.36. The average molecular weight is 284 g/mol. The number of aromatic nitrogens is 1. The van der Waals surface area contributed by atoms with Gasteiger partial charge in [0.2, 0.25) is 5.91 Å². The SMILES string of the molecule is Cc1nc(C)c(C(C)NC(=O)C(C)C(C)C(=O)O)s1. The molecule has 1 heterocycles. The van der Waals surface area contributed by atoms with Crippen molar-refractivity contribution in [2.75, 3.05) is 0 Å². The second-order valence-corrected chi connectivity index (χ2v) is 6.06. The molecule has 0 saturated heterocycles. The number of amides is 1. The first-order chi connectivity index (χ1) is 8.73. The number of carbonyl (C=O) groups excluding carboxylic acids is 1. The van der Waals surface area contributed by atoms with Crippen LogP contribution in [0.5, 0.6) is 0 Å². The minimum absolute atomic E-state index is 0.151. The van der Waals surface area contributed by atoms with Gasteiger partial charge in [-0.15, -0.1) is 11.3 Å². The van der Waals surface area contributed by atoms with Gasteiger partial charge in [0.05, 0.1) is 22.7 Å². The predicted octanol–water partition coefficient (Wildman–Crippen LogP) is 2.29. The monoisotopic (exact) mass is 284 g/mol. The van der Waals surface area contributed by atoms with Crippen LogP contribution in [0.15, 0.2) is 0 Å². The number of carboxylic acids is 1. The third kappa shape index (κ3) is 3.76. The minimum Gasteiger partial charge on any atom is -0.481 e. The summed E-state index contributed by atoms with van der Waals surface area (Å²) in [5.41, 5.74) is 0.911. The van der Waals surface area contributed by atoms with Crippen molar-refractivity contribution in [2.45, 2.75) is 40.7 Å². The highest BCUT2D eigenvalue weighted by Crippen LogP contribution is 2.25. The van der Waals surface area contributed by atoms with E-state index in [-0.39, 0.29) is 11.9 Å². The van der Waals surface area contributed by atoms with Crippen LogP contribution >= 0.6 is 11.3 Å². The Bertz CT molecular complexity index is 484. The molecule has 0 bridgehead atoms. The van der Waals surface area contributed by atoms with Crippen molar-refractivity contribution in [3.05, 3.63) is 15.6 Å². The van der Waals surface area contributed by atoms with Crippen molar-refractivity contribution in [2.24, 2.45) is 11.8 Å². The summed E-state index contributed by atoms with van der Waals surface area (Å²) in [5, 5.41) is 12.7. The molecule has 0 spiro atoms. The van der Waals surface area contributed by atoms with E-state index in [0.717, 1.165) is 15.6 Å². The molecular weight excluding hydrogens is 264 g/mol. The Hall–Kier alpha value is -1.43. The molecule has 106 valence electrons. The highest BCUT2D eigenvalue weighted by atomic mass is 32.1. The fourth-order valence-corrected chi connectivity index (χ4v) is 2.73.